The Labute approximate surface area is 99.4 Å². The summed E-state index contributed by atoms with van der Waals surface area (Å²) in [5.74, 6) is 0.323. The lowest BCUT2D eigenvalue weighted by Gasteiger charge is -2.24. The molecular weight excluding hydrogens is 231 g/mol. The van der Waals surface area contributed by atoms with E-state index in [1.54, 1.807) is 6.07 Å². The molecular formula is C12H12Cl2O. The summed E-state index contributed by atoms with van der Waals surface area (Å²) in [5, 5.41) is 1.30. The van der Waals surface area contributed by atoms with Gasteiger partial charge in [-0.15, -0.1) is 0 Å². The number of Topliss-reactive ketones (excluding diaryl/α,β-unsaturated/α-hetero) is 1. The normalized spacial score (nSPS) is 25.9. The molecule has 1 saturated carbocycles. The zero-order valence-electron chi connectivity index (χ0n) is 8.52. The maximum absolute atomic E-state index is 11.3. The topological polar surface area (TPSA) is 17.1 Å². The molecule has 1 nitrogen and oxygen atoms in total. The lowest BCUT2D eigenvalue weighted by molar-refractivity contribution is -0.117. The van der Waals surface area contributed by atoms with Gasteiger partial charge in [-0.2, -0.15) is 0 Å². The van der Waals surface area contributed by atoms with E-state index in [1.165, 1.54) is 0 Å². The maximum Gasteiger partial charge on any atom is 0.133 e. The molecule has 0 aromatic heterocycles. The minimum absolute atomic E-state index is 0.0985. The number of hydrogen-bond donors (Lipinski definition) is 0. The summed E-state index contributed by atoms with van der Waals surface area (Å²) in [6, 6.07) is 5.51. The van der Waals surface area contributed by atoms with Crippen LogP contribution in [0.1, 0.15) is 31.7 Å². The Bertz CT molecular complexity index is 414. The van der Waals surface area contributed by atoms with Gasteiger partial charge in [-0.25, -0.2) is 0 Å². The van der Waals surface area contributed by atoms with E-state index in [0.29, 0.717) is 28.7 Å². The second-order valence-corrected chi connectivity index (χ2v) is 5.24. The molecule has 1 unspecified atom stereocenters. The molecule has 80 valence electrons. The van der Waals surface area contributed by atoms with Crippen LogP contribution in [-0.4, -0.2) is 5.78 Å². The van der Waals surface area contributed by atoms with Crippen molar-refractivity contribution in [2.75, 3.05) is 0 Å². The zero-order valence-corrected chi connectivity index (χ0v) is 10.0. The van der Waals surface area contributed by atoms with Crippen LogP contribution in [-0.2, 0) is 10.2 Å². The number of benzene rings is 1. The summed E-state index contributed by atoms with van der Waals surface area (Å²) in [6.07, 6.45) is 2.14. The van der Waals surface area contributed by atoms with Gasteiger partial charge < -0.3 is 0 Å². The third kappa shape index (κ3) is 2.04. The molecule has 2 rings (SSSR count). The molecule has 15 heavy (non-hydrogen) atoms. The average Bonchev–Trinajstić information content (AvgIpc) is 2.46. The van der Waals surface area contributed by atoms with Gasteiger partial charge in [0.05, 0.1) is 0 Å². The number of rotatable bonds is 1. The van der Waals surface area contributed by atoms with Gasteiger partial charge in [0.15, 0.2) is 0 Å². The molecule has 0 saturated heterocycles. The van der Waals surface area contributed by atoms with Crippen LogP contribution in [0, 0.1) is 0 Å². The van der Waals surface area contributed by atoms with Crippen LogP contribution in [0.25, 0.3) is 0 Å². The smallest absolute Gasteiger partial charge is 0.133 e. The van der Waals surface area contributed by atoms with E-state index < -0.39 is 0 Å². The molecule has 0 amide bonds. The van der Waals surface area contributed by atoms with Crippen molar-refractivity contribution in [2.45, 2.75) is 31.6 Å². The minimum Gasteiger partial charge on any atom is -0.300 e. The van der Waals surface area contributed by atoms with Crippen LogP contribution >= 0.6 is 23.2 Å². The predicted molar refractivity (Wildman–Crippen MR) is 62.7 cm³/mol. The summed E-state index contributed by atoms with van der Waals surface area (Å²) < 4.78 is 0. The fraction of sp³-hybridized carbons (Fsp3) is 0.417. The molecule has 1 aromatic rings. The van der Waals surface area contributed by atoms with Gasteiger partial charge in [-0.05, 0) is 24.1 Å². The van der Waals surface area contributed by atoms with E-state index >= 15 is 0 Å². The molecule has 1 aliphatic rings. The van der Waals surface area contributed by atoms with E-state index in [1.807, 2.05) is 12.1 Å². The van der Waals surface area contributed by atoms with Crippen LogP contribution in [0.2, 0.25) is 10.0 Å². The Morgan fingerprint density at radius 3 is 2.60 bits per heavy atom. The number of ketones is 1. The second kappa shape index (κ2) is 3.80. The van der Waals surface area contributed by atoms with Gasteiger partial charge >= 0.3 is 0 Å². The lowest BCUT2D eigenvalue weighted by Crippen LogP contribution is -2.18. The van der Waals surface area contributed by atoms with Crippen LogP contribution in [0.5, 0.6) is 0 Å². The minimum atomic E-state index is -0.0985. The molecule has 1 atom stereocenters. The molecule has 0 bridgehead atoms. The standard InChI is InChI=1S/C12H12Cl2O/c1-12(5-4-9(15)7-12)10-3-2-8(13)6-11(10)14/h2-3,6H,4-5,7H2,1H3. The molecule has 0 radical (unpaired) electrons. The first-order valence-corrected chi connectivity index (χ1v) is 5.74. The molecule has 1 aliphatic carbocycles. The van der Waals surface area contributed by atoms with Crippen LogP contribution < -0.4 is 0 Å². The third-order valence-electron chi connectivity index (χ3n) is 3.12. The molecule has 0 N–H and O–H groups in total. The molecule has 1 fully saturated rings. The van der Waals surface area contributed by atoms with Crippen molar-refractivity contribution < 1.29 is 4.79 Å². The highest BCUT2D eigenvalue weighted by molar-refractivity contribution is 6.35. The zero-order chi connectivity index (χ0) is 11.1. The van der Waals surface area contributed by atoms with Crippen molar-refractivity contribution in [3.05, 3.63) is 33.8 Å². The molecule has 3 heteroatoms. The monoisotopic (exact) mass is 242 g/mol. The van der Waals surface area contributed by atoms with E-state index in [9.17, 15) is 4.79 Å². The Balaban J connectivity index is 2.41. The first-order chi connectivity index (χ1) is 7.01. The van der Waals surface area contributed by atoms with E-state index in [4.69, 9.17) is 23.2 Å². The first-order valence-electron chi connectivity index (χ1n) is 4.98. The second-order valence-electron chi connectivity index (χ2n) is 4.40. The summed E-state index contributed by atoms with van der Waals surface area (Å²) >= 11 is 12.0. The first kappa shape index (κ1) is 11.0. The van der Waals surface area contributed by atoms with Crippen molar-refractivity contribution in [1.82, 2.24) is 0 Å². The number of carbonyl (C=O) groups is 1. The molecule has 1 aromatic carbocycles. The van der Waals surface area contributed by atoms with Crippen molar-refractivity contribution >= 4 is 29.0 Å². The fourth-order valence-electron chi connectivity index (χ4n) is 2.24. The van der Waals surface area contributed by atoms with Crippen LogP contribution in [0.4, 0.5) is 0 Å². The van der Waals surface area contributed by atoms with Crippen LogP contribution in [0.3, 0.4) is 0 Å². The average molecular weight is 243 g/mol. The van der Waals surface area contributed by atoms with E-state index in [0.717, 1.165) is 12.0 Å². The van der Waals surface area contributed by atoms with Gasteiger partial charge in [-0.1, -0.05) is 36.2 Å². The van der Waals surface area contributed by atoms with E-state index in [-0.39, 0.29) is 5.41 Å². The predicted octanol–water partition coefficient (Wildman–Crippen LogP) is 4.00. The van der Waals surface area contributed by atoms with Gasteiger partial charge in [0.2, 0.25) is 0 Å². The summed E-state index contributed by atoms with van der Waals surface area (Å²) in [4.78, 5) is 11.3. The Morgan fingerprint density at radius 1 is 1.33 bits per heavy atom. The summed E-state index contributed by atoms with van der Waals surface area (Å²) in [7, 11) is 0. The van der Waals surface area contributed by atoms with Crippen molar-refractivity contribution in [3.63, 3.8) is 0 Å². The SMILES string of the molecule is CC1(c2ccc(Cl)cc2Cl)CCC(=O)C1. The number of carbonyl (C=O) groups excluding carboxylic acids is 1. The van der Waals surface area contributed by atoms with Crippen molar-refractivity contribution in [3.8, 4) is 0 Å². The van der Waals surface area contributed by atoms with Crippen molar-refractivity contribution in [1.29, 1.82) is 0 Å². The van der Waals surface area contributed by atoms with Gasteiger partial charge in [0, 0.05) is 28.3 Å². The van der Waals surface area contributed by atoms with Crippen molar-refractivity contribution in [2.24, 2.45) is 0 Å². The third-order valence-corrected chi connectivity index (χ3v) is 3.67. The number of halogens is 2. The fourth-order valence-corrected chi connectivity index (χ4v) is 2.87. The molecule has 0 heterocycles. The number of hydrogen-bond acceptors (Lipinski definition) is 1. The highest BCUT2D eigenvalue weighted by Crippen LogP contribution is 2.42. The summed E-state index contributed by atoms with van der Waals surface area (Å²) in [5.41, 5.74) is 0.943. The Morgan fingerprint density at radius 2 is 2.07 bits per heavy atom. The van der Waals surface area contributed by atoms with E-state index in [2.05, 4.69) is 6.92 Å². The van der Waals surface area contributed by atoms with Gasteiger partial charge in [0.25, 0.3) is 0 Å². The quantitative estimate of drug-likeness (QED) is 0.728. The maximum atomic E-state index is 11.3. The van der Waals surface area contributed by atoms with Crippen LogP contribution in [0.15, 0.2) is 18.2 Å². The van der Waals surface area contributed by atoms with Gasteiger partial charge in [0.1, 0.15) is 5.78 Å². The Kier molecular flexibility index (Phi) is 2.78. The highest BCUT2D eigenvalue weighted by atomic mass is 35.5. The highest BCUT2D eigenvalue weighted by Gasteiger charge is 2.36. The summed E-state index contributed by atoms with van der Waals surface area (Å²) in [6.45, 7) is 2.09. The largest absolute Gasteiger partial charge is 0.300 e. The molecule has 0 spiro atoms. The lowest BCUT2D eigenvalue weighted by atomic mass is 9.81. The van der Waals surface area contributed by atoms with Gasteiger partial charge in [-0.3, -0.25) is 4.79 Å². The molecule has 0 aliphatic heterocycles. The Hall–Kier alpha value is -0.530.